The summed E-state index contributed by atoms with van der Waals surface area (Å²) in [6.07, 6.45) is 2.98. The molecule has 2 heterocycles. The lowest BCUT2D eigenvalue weighted by Gasteiger charge is -2.41. The monoisotopic (exact) mass is 389 g/mol. The van der Waals surface area contributed by atoms with Gasteiger partial charge < -0.3 is 14.7 Å². The normalized spacial score (nSPS) is 18.5. The molecule has 29 heavy (non-hydrogen) atoms. The van der Waals surface area contributed by atoms with Crippen LogP contribution in [-0.4, -0.2) is 60.9 Å². The standard InChI is InChI=1S/C24H27N3O2/c1-3-23(28)26-14-15-27(19(17-26)16-18-8-5-4-6-9-18)24(29)21-10-7-11-22-20(21)12-13-25(22)2/h3-11,19H,1,12-17H2,2H3. The Balaban J connectivity index is 1.63. The summed E-state index contributed by atoms with van der Waals surface area (Å²) in [7, 11) is 2.07. The molecule has 4 rings (SSSR count). The maximum atomic E-state index is 13.6. The van der Waals surface area contributed by atoms with Gasteiger partial charge >= 0.3 is 0 Å². The van der Waals surface area contributed by atoms with Crippen LogP contribution in [-0.2, 0) is 17.6 Å². The zero-order chi connectivity index (χ0) is 20.4. The van der Waals surface area contributed by atoms with Crippen molar-refractivity contribution in [2.45, 2.75) is 18.9 Å². The molecule has 2 aromatic carbocycles. The van der Waals surface area contributed by atoms with Gasteiger partial charge in [0.2, 0.25) is 5.91 Å². The Kier molecular flexibility index (Phi) is 5.38. The third kappa shape index (κ3) is 3.77. The average Bonchev–Trinajstić information content (AvgIpc) is 3.14. The lowest BCUT2D eigenvalue weighted by Crippen LogP contribution is -2.57. The van der Waals surface area contributed by atoms with Crippen LogP contribution in [0.1, 0.15) is 21.5 Å². The molecule has 1 atom stereocenters. The van der Waals surface area contributed by atoms with E-state index in [2.05, 4.69) is 36.7 Å². The number of likely N-dealkylation sites (N-methyl/N-ethyl adjacent to an activating group) is 1. The first-order valence-corrected chi connectivity index (χ1v) is 10.2. The highest BCUT2D eigenvalue weighted by molar-refractivity contribution is 5.98. The molecule has 0 saturated carbocycles. The van der Waals surface area contributed by atoms with E-state index in [-0.39, 0.29) is 17.9 Å². The van der Waals surface area contributed by atoms with Gasteiger partial charge in [0.05, 0.1) is 6.04 Å². The number of hydrogen-bond donors (Lipinski definition) is 0. The molecule has 1 fully saturated rings. The minimum atomic E-state index is -0.0719. The average molecular weight is 389 g/mol. The fraction of sp³-hybridized carbons (Fsp3) is 0.333. The zero-order valence-electron chi connectivity index (χ0n) is 16.9. The third-order valence-corrected chi connectivity index (χ3v) is 6.03. The quantitative estimate of drug-likeness (QED) is 0.756. The first kappa shape index (κ1) is 19.2. The Labute approximate surface area is 172 Å². The summed E-state index contributed by atoms with van der Waals surface area (Å²) < 4.78 is 0. The lowest BCUT2D eigenvalue weighted by atomic mass is 9.98. The second-order valence-corrected chi connectivity index (χ2v) is 7.81. The number of benzene rings is 2. The molecule has 2 aliphatic rings. The van der Waals surface area contributed by atoms with Crippen LogP contribution in [0.4, 0.5) is 5.69 Å². The van der Waals surface area contributed by atoms with Crippen LogP contribution in [0.3, 0.4) is 0 Å². The van der Waals surface area contributed by atoms with Crippen LogP contribution in [0, 0.1) is 0 Å². The van der Waals surface area contributed by atoms with Gasteiger partial charge in [0, 0.05) is 44.5 Å². The van der Waals surface area contributed by atoms with Gasteiger partial charge in [-0.2, -0.15) is 0 Å². The van der Waals surface area contributed by atoms with Crippen LogP contribution in [0.2, 0.25) is 0 Å². The Hall–Kier alpha value is -3.08. The minimum Gasteiger partial charge on any atom is -0.374 e. The van der Waals surface area contributed by atoms with Crippen molar-refractivity contribution in [1.29, 1.82) is 0 Å². The molecule has 0 aliphatic carbocycles. The highest BCUT2D eigenvalue weighted by Gasteiger charge is 2.34. The summed E-state index contributed by atoms with van der Waals surface area (Å²) in [4.78, 5) is 31.8. The smallest absolute Gasteiger partial charge is 0.254 e. The van der Waals surface area contributed by atoms with Crippen molar-refractivity contribution in [1.82, 2.24) is 9.80 Å². The molecule has 1 unspecified atom stereocenters. The number of fused-ring (bicyclic) bond motifs is 1. The second-order valence-electron chi connectivity index (χ2n) is 7.81. The molecule has 0 radical (unpaired) electrons. The minimum absolute atomic E-state index is 0.0578. The van der Waals surface area contributed by atoms with E-state index in [1.165, 1.54) is 11.6 Å². The summed E-state index contributed by atoms with van der Waals surface area (Å²) in [5.74, 6) is 0.00108. The van der Waals surface area contributed by atoms with E-state index in [1.807, 2.05) is 35.2 Å². The molecule has 0 aromatic heterocycles. The highest BCUT2D eigenvalue weighted by atomic mass is 16.2. The van der Waals surface area contributed by atoms with Crippen molar-refractivity contribution in [3.8, 4) is 0 Å². The fourth-order valence-electron chi connectivity index (χ4n) is 4.46. The molecule has 1 saturated heterocycles. The second kappa shape index (κ2) is 8.11. The molecule has 0 N–H and O–H groups in total. The topological polar surface area (TPSA) is 43.9 Å². The predicted octanol–water partition coefficient (Wildman–Crippen LogP) is 2.76. The van der Waals surface area contributed by atoms with E-state index in [9.17, 15) is 9.59 Å². The van der Waals surface area contributed by atoms with E-state index in [4.69, 9.17) is 0 Å². The summed E-state index contributed by atoms with van der Waals surface area (Å²) >= 11 is 0. The largest absolute Gasteiger partial charge is 0.374 e. The van der Waals surface area contributed by atoms with E-state index >= 15 is 0 Å². The Morgan fingerprint density at radius 1 is 1.07 bits per heavy atom. The SMILES string of the molecule is C=CC(=O)N1CCN(C(=O)c2cccc3c2CCN3C)C(Cc2ccccc2)C1. The highest BCUT2D eigenvalue weighted by Crippen LogP contribution is 2.31. The van der Waals surface area contributed by atoms with Crippen LogP contribution >= 0.6 is 0 Å². The molecular formula is C24H27N3O2. The number of hydrogen-bond acceptors (Lipinski definition) is 3. The first-order chi connectivity index (χ1) is 14.1. The summed E-state index contributed by atoms with van der Waals surface area (Å²) in [5, 5.41) is 0. The van der Waals surface area contributed by atoms with Crippen molar-refractivity contribution < 1.29 is 9.59 Å². The fourth-order valence-corrected chi connectivity index (χ4v) is 4.46. The predicted molar refractivity (Wildman–Crippen MR) is 115 cm³/mol. The van der Waals surface area contributed by atoms with E-state index in [0.717, 1.165) is 36.2 Å². The van der Waals surface area contributed by atoms with Crippen LogP contribution in [0.5, 0.6) is 0 Å². The zero-order valence-corrected chi connectivity index (χ0v) is 16.9. The van der Waals surface area contributed by atoms with Gasteiger partial charge in [-0.25, -0.2) is 0 Å². The maximum absolute atomic E-state index is 13.6. The van der Waals surface area contributed by atoms with Crippen LogP contribution in [0.15, 0.2) is 61.2 Å². The molecule has 2 aliphatic heterocycles. The lowest BCUT2D eigenvalue weighted by molar-refractivity contribution is -0.128. The van der Waals surface area contributed by atoms with E-state index in [0.29, 0.717) is 19.6 Å². The summed E-state index contributed by atoms with van der Waals surface area (Å²) in [6.45, 7) is 6.16. The van der Waals surface area contributed by atoms with E-state index < -0.39 is 0 Å². The Bertz CT molecular complexity index is 925. The van der Waals surface area contributed by atoms with Gasteiger partial charge in [0.15, 0.2) is 0 Å². The maximum Gasteiger partial charge on any atom is 0.254 e. The van der Waals surface area contributed by atoms with Crippen molar-refractivity contribution in [2.75, 3.05) is 38.1 Å². The van der Waals surface area contributed by atoms with Gasteiger partial charge in [-0.05, 0) is 42.2 Å². The molecule has 5 nitrogen and oxygen atoms in total. The molecule has 2 aromatic rings. The number of piperazine rings is 1. The number of rotatable bonds is 4. The number of anilines is 1. The number of amides is 2. The van der Waals surface area contributed by atoms with Gasteiger partial charge in [0.1, 0.15) is 0 Å². The first-order valence-electron chi connectivity index (χ1n) is 10.2. The van der Waals surface area contributed by atoms with Crippen molar-refractivity contribution in [2.24, 2.45) is 0 Å². The van der Waals surface area contributed by atoms with Gasteiger partial charge in [0.25, 0.3) is 5.91 Å². The Morgan fingerprint density at radius 2 is 1.86 bits per heavy atom. The number of carbonyl (C=O) groups is 2. The molecule has 150 valence electrons. The van der Waals surface area contributed by atoms with Crippen molar-refractivity contribution >= 4 is 17.5 Å². The van der Waals surface area contributed by atoms with Crippen LogP contribution < -0.4 is 4.90 Å². The Morgan fingerprint density at radius 3 is 2.62 bits per heavy atom. The van der Waals surface area contributed by atoms with E-state index in [1.54, 1.807) is 4.90 Å². The molecular weight excluding hydrogens is 362 g/mol. The third-order valence-electron chi connectivity index (χ3n) is 6.03. The van der Waals surface area contributed by atoms with Crippen LogP contribution in [0.25, 0.3) is 0 Å². The van der Waals surface area contributed by atoms with Crippen molar-refractivity contribution in [3.05, 3.63) is 77.9 Å². The molecule has 0 spiro atoms. The number of carbonyl (C=O) groups excluding carboxylic acids is 2. The molecule has 2 amide bonds. The summed E-state index contributed by atoms with van der Waals surface area (Å²) in [5.41, 5.74) is 4.26. The van der Waals surface area contributed by atoms with Gasteiger partial charge in [-0.3, -0.25) is 9.59 Å². The van der Waals surface area contributed by atoms with Gasteiger partial charge in [-0.1, -0.05) is 43.0 Å². The molecule has 0 bridgehead atoms. The van der Waals surface area contributed by atoms with Gasteiger partial charge in [-0.15, -0.1) is 0 Å². The number of nitrogens with zero attached hydrogens (tertiary/aromatic N) is 3. The molecule has 5 heteroatoms. The summed E-state index contributed by atoms with van der Waals surface area (Å²) in [6, 6.07) is 16.1. The van der Waals surface area contributed by atoms with Crippen molar-refractivity contribution in [3.63, 3.8) is 0 Å².